The number of nitrogens with one attached hydrogen (secondary N) is 1. The second kappa shape index (κ2) is 10.3. The summed E-state index contributed by atoms with van der Waals surface area (Å²) in [7, 11) is 0. The largest absolute Gasteiger partial charge is 0.494 e. The maximum Gasteiger partial charge on any atom is 0.240 e. The predicted molar refractivity (Wildman–Crippen MR) is 147 cm³/mol. The third-order valence-corrected chi connectivity index (χ3v) is 8.50. The molecule has 0 unspecified atom stereocenters. The number of nitrogens with zero attached hydrogens (tertiary/aromatic N) is 3. The summed E-state index contributed by atoms with van der Waals surface area (Å²) in [6, 6.07) is 17.4. The smallest absolute Gasteiger partial charge is 0.240 e. The third-order valence-electron chi connectivity index (χ3n) is 8.50. The standard InChI is InChI=1S/C31H36N4O3/c1-3-37-26-9-11-27(12-10-26)38-30-28(21(2)34-35(30)25-7-5-4-6-8-25)20-32-33-29(36)19-31-16-22-13-23(17-31)15-24(14-22)18-31/h4-12,20,22-24H,3,13-19H2,1-2H3,(H,33,36)/b32-20+. The van der Waals surface area contributed by atoms with E-state index in [1.54, 1.807) is 10.9 Å². The van der Waals surface area contributed by atoms with Gasteiger partial charge in [-0.3, -0.25) is 4.79 Å². The first kappa shape index (κ1) is 24.7. The van der Waals surface area contributed by atoms with E-state index in [4.69, 9.17) is 14.6 Å². The van der Waals surface area contributed by atoms with Gasteiger partial charge in [-0.25, -0.2) is 5.43 Å². The van der Waals surface area contributed by atoms with Crippen molar-refractivity contribution in [3.8, 4) is 23.1 Å². The van der Waals surface area contributed by atoms with Gasteiger partial charge in [-0.2, -0.15) is 14.9 Å². The Labute approximate surface area is 224 Å². The van der Waals surface area contributed by atoms with E-state index in [0.717, 1.165) is 40.4 Å². The molecule has 38 heavy (non-hydrogen) atoms. The predicted octanol–water partition coefficient (Wildman–Crippen LogP) is 6.43. The Morgan fingerprint density at radius 3 is 2.29 bits per heavy atom. The lowest BCUT2D eigenvalue weighted by molar-refractivity contribution is -0.129. The fourth-order valence-corrected chi connectivity index (χ4v) is 7.45. The highest BCUT2D eigenvalue weighted by Crippen LogP contribution is 2.61. The molecule has 2 aromatic carbocycles. The Morgan fingerprint density at radius 2 is 1.66 bits per heavy atom. The molecular weight excluding hydrogens is 476 g/mol. The monoisotopic (exact) mass is 512 g/mol. The second-order valence-corrected chi connectivity index (χ2v) is 11.4. The molecule has 7 nitrogen and oxygen atoms in total. The number of aromatic nitrogens is 2. The van der Waals surface area contributed by atoms with Gasteiger partial charge in [-0.1, -0.05) is 18.2 Å². The van der Waals surface area contributed by atoms with Crippen LogP contribution in [0.3, 0.4) is 0 Å². The third kappa shape index (κ3) is 5.06. The van der Waals surface area contributed by atoms with E-state index in [-0.39, 0.29) is 11.3 Å². The minimum atomic E-state index is 0.00489. The molecule has 0 spiro atoms. The first-order valence-corrected chi connectivity index (χ1v) is 13.9. The molecule has 4 aliphatic carbocycles. The van der Waals surface area contributed by atoms with Crippen molar-refractivity contribution in [2.24, 2.45) is 28.3 Å². The molecule has 4 aliphatic rings. The van der Waals surface area contributed by atoms with Gasteiger partial charge in [0.05, 0.1) is 29.8 Å². The first-order valence-electron chi connectivity index (χ1n) is 13.9. The summed E-state index contributed by atoms with van der Waals surface area (Å²) in [6.45, 7) is 4.48. The molecule has 1 heterocycles. The fraction of sp³-hybridized carbons (Fsp3) is 0.452. The number of aryl methyl sites for hydroxylation is 1. The number of hydrogen-bond acceptors (Lipinski definition) is 5. The maximum absolute atomic E-state index is 13.0. The van der Waals surface area contributed by atoms with Crippen molar-refractivity contribution in [1.82, 2.24) is 15.2 Å². The molecule has 0 aliphatic heterocycles. The number of carbonyl (C=O) groups is 1. The van der Waals surface area contributed by atoms with Crippen molar-refractivity contribution in [3.05, 3.63) is 65.9 Å². The first-order chi connectivity index (χ1) is 18.5. The van der Waals surface area contributed by atoms with E-state index >= 15 is 0 Å². The number of carbonyl (C=O) groups excluding carboxylic acids is 1. The Bertz CT molecular complexity index is 1280. The van der Waals surface area contributed by atoms with E-state index in [1.165, 1.54) is 38.5 Å². The number of ether oxygens (including phenoxy) is 2. The van der Waals surface area contributed by atoms with Crippen molar-refractivity contribution in [2.75, 3.05) is 6.61 Å². The van der Waals surface area contributed by atoms with E-state index in [2.05, 4.69) is 10.5 Å². The van der Waals surface area contributed by atoms with Crippen LogP contribution in [-0.2, 0) is 4.79 Å². The average Bonchev–Trinajstić information content (AvgIpc) is 3.19. The summed E-state index contributed by atoms with van der Waals surface area (Å²) in [4.78, 5) is 13.0. The van der Waals surface area contributed by atoms with Crippen LogP contribution in [-0.4, -0.2) is 28.5 Å². The maximum atomic E-state index is 13.0. The average molecular weight is 513 g/mol. The Morgan fingerprint density at radius 1 is 1.03 bits per heavy atom. The molecule has 4 bridgehead atoms. The van der Waals surface area contributed by atoms with Crippen molar-refractivity contribution >= 4 is 12.1 Å². The van der Waals surface area contributed by atoms with E-state index in [9.17, 15) is 4.79 Å². The number of benzene rings is 2. The normalized spacial score (nSPS) is 25.6. The lowest BCUT2D eigenvalue weighted by Crippen LogP contribution is -2.47. The minimum absolute atomic E-state index is 0.00489. The highest BCUT2D eigenvalue weighted by molar-refractivity contribution is 5.86. The van der Waals surface area contributed by atoms with Crippen LogP contribution in [0.5, 0.6) is 17.4 Å². The van der Waals surface area contributed by atoms with Crippen LogP contribution in [0.15, 0.2) is 59.7 Å². The zero-order chi connectivity index (χ0) is 26.1. The molecule has 0 saturated heterocycles. The molecule has 1 N–H and O–H groups in total. The molecule has 198 valence electrons. The van der Waals surface area contributed by atoms with Gasteiger partial charge >= 0.3 is 0 Å². The van der Waals surface area contributed by atoms with E-state index in [1.807, 2.05) is 68.4 Å². The molecule has 3 aromatic rings. The SMILES string of the molecule is CCOc1ccc(Oc2c(/C=N/NC(=O)CC34CC5CC(CC(C5)C3)C4)c(C)nn2-c2ccccc2)cc1. The van der Waals surface area contributed by atoms with Gasteiger partial charge in [0.25, 0.3) is 0 Å². The van der Waals surface area contributed by atoms with Gasteiger partial charge in [0.2, 0.25) is 11.8 Å². The number of para-hydroxylation sites is 1. The molecule has 4 fully saturated rings. The number of hydrazone groups is 1. The summed E-state index contributed by atoms with van der Waals surface area (Å²) < 4.78 is 13.7. The van der Waals surface area contributed by atoms with Crippen LogP contribution in [0.4, 0.5) is 0 Å². The summed E-state index contributed by atoms with van der Waals surface area (Å²) in [5, 5.41) is 9.10. The number of rotatable bonds is 9. The zero-order valence-electron chi connectivity index (χ0n) is 22.2. The fourth-order valence-electron chi connectivity index (χ4n) is 7.45. The Kier molecular flexibility index (Phi) is 6.68. The molecule has 1 amide bonds. The minimum Gasteiger partial charge on any atom is -0.494 e. The summed E-state index contributed by atoms with van der Waals surface area (Å²) in [5.74, 6) is 4.47. The summed E-state index contributed by atoms with van der Waals surface area (Å²) in [6.07, 6.45) is 9.98. The number of hydrogen-bond donors (Lipinski definition) is 1. The lowest BCUT2D eigenvalue weighted by atomic mass is 9.49. The van der Waals surface area contributed by atoms with Crippen molar-refractivity contribution < 1.29 is 14.3 Å². The Balaban J connectivity index is 1.21. The Hall–Kier alpha value is -3.61. The van der Waals surface area contributed by atoms with Crippen LogP contribution in [0.25, 0.3) is 5.69 Å². The molecular formula is C31H36N4O3. The van der Waals surface area contributed by atoms with Gasteiger partial charge in [0.1, 0.15) is 11.5 Å². The summed E-state index contributed by atoms with van der Waals surface area (Å²) in [5.41, 5.74) is 5.36. The van der Waals surface area contributed by atoms with Crippen LogP contribution in [0.1, 0.15) is 63.1 Å². The lowest BCUT2D eigenvalue weighted by Gasteiger charge is -2.56. The van der Waals surface area contributed by atoms with E-state index in [0.29, 0.717) is 24.7 Å². The van der Waals surface area contributed by atoms with Gasteiger partial charge in [0.15, 0.2) is 0 Å². The van der Waals surface area contributed by atoms with Gasteiger partial charge in [0, 0.05) is 6.42 Å². The molecule has 1 aromatic heterocycles. The molecule has 7 rings (SSSR count). The highest BCUT2D eigenvalue weighted by atomic mass is 16.5. The molecule has 4 saturated carbocycles. The van der Waals surface area contributed by atoms with Crippen LogP contribution < -0.4 is 14.9 Å². The molecule has 0 radical (unpaired) electrons. The van der Waals surface area contributed by atoms with Crippen LogP contribution in [0, 0.1) is 30.1 Å². The topological polar surface area (TPSA) is 77.7 Å². The van der Waals surface area contributed by atoms with Crippen LogP contribution >= 0.6 is 0 Å². The zero-order valence-corrected chi connectivity index (χ0v) is 22.2. The molecule has 0 atom stereocenters. The highest BCUT2D eigenvalue weighted by Gasteiger charge is 2.51. The van der Waals surface area contributed by atoms with Gasteiger partial charge in [-0.15, -0.1) is 0 Å². The van der Waals surface area contributed by atoms with Gasteiger partial charge < -0.3 is 9.47 Å². The quantitative estimate of drug-likeness (QED) is 0.265. The second-order valence-electron chi connectivity index (χ2n) is 11.4. The van der Waals surface area contributed by atoms with Crippen molar-refractivity contribution in [1.29, 1.82) is 0 Å². The summed E-state index contributed by atoms with van der Waals surface area (Å²) >= 11 is 0. The van der Waals surface area contributed by atoms with E-state index < -0.39 is 0 Å². The van der Waals surface area contributed by atoms with Gasteiger partial charge in [-0.05, 0) is 112 Å². The van der Waals surface area contributed by atoms with Crippen molar-refractivity contribution in [2.45, 2.75) is 58.8 Å². The van der Waals surface area contributed by atoms with Crippen molar-refractivity contribution in [3.63, 3.8) is 0 Å². The van der Waals surface area contributed by atoms with Crippen LogP contribution in [0.2, 0.25) is 0 Å². The number of amides is 1. The molecule has 7 heteroatoms.